The van der Waals surface area contributed by atoms with Gasteiger partial charge in [-0.25, -0.2) is 4.79 Å². The number of carbonyl (C=O) groups is 2. The minimum absolute atomic E-state index is 0.0122. The summed E-state index contributed by atoms with van der Waals surface area (Å²) in [5.74, 6) is -0.198. The Kier molecular flexibility index (Phi) is 6.25. The number of likely N-dealkylation sites (tertiary alicyclic amines) is 1. The van der Waals surface area contributed by atoms with Gasteiger partial charge in [-0.05, 0) is 38.2 Å². The standard InChI is InChI=1S/C23H32N4O3/c1-17-8-10-18(11-9-17)15-24-21(28)20-14-23(30-26-20)12-5-13-27(16-23)22(29)25-19-6-3-2-4-7-19/h8-11,19H,2-7,12-16H2,1H3,(H,24,28)(H,25,29)/t23-/m1/s1. The molecule has 0 unspecified atom stereocenters. The fraction of sp³-hybridized carbons (Fsp3) is 0.609. The van der Waals surface area contributed by atoms with Crippen LogP contribution < -0.4 is 10.6 Å². The maximum absolute atomic E-state index is 12.7. The van der Waals surface area contributed by atoms with Crippen LogP contribution in [0.5, 0.6) is 0 Å². The summed E-state index contributed by atoms with van der Waals surface area (Å²) >= 11 is 0. The molecule has 162 valence electrons. The van der Waals surface area contributed by atoms with E-state index in [1.165, 1.54) is 24.8 Å². The summed E-state index contributed by atoms with van der Waals surface area (Å²) in [5.41, 5.74) is 2.08. The number of nitrogens with one attached hydrogen (secondary N) is 2. The zero-order valence-corrected chi connectivity index (χ0v) is 17.8. The lowest BCUT2D eigenvalue weighted by atomic mass is 9.88. The highest BCUT2D eigenvalue weighted by Crippen LogP contribution is 2.33. The van der Waals surface area contributed by atoms with Gasteiger partial charge in [-0.1, -0.05) is 54.2 Å². The Morgan fingerprint density at radius 1 is 1.17 bits per heavy atom. The van der Waals surface area contributed by atoms with Gasteiger partial charge in [0.2, 0.25) is 0 Å². The van der Waals surface area contributed by atoms with Gasteiger partial charge in [0.05, 0.1) is 6.54 Å². The van der Waals surface area contributed by atoms with Gasteiger partial charge < -0.3 is 20.4 Å². The number of amides is 3. The predicted octanol–water partition coefficient (Wildman–Crippen LogP) is 3.26. The zero-order chi connectivity index (χ0) is 21.0. The van der Waals surface area contributed by atoms with Crippen molar-refractivity contribution >= 4 is 17.6 Å². The summed E-state index contributed by atoms with van der Waals surface area (Å²) in [6.45, 7) is 3.69. The molecule has 1 aliphatic carbocycles. The first-order valence-corrected chi connectivity index (χ1v) is 11.2. The van der Waals surface area contributed by atoms with Crippen molar-refractivity contribution in [3.63, 3.8) is 0 Å². The van der Waals surface area contributed by atoms with E-state index >= 15 is 0 Å². The van der Waals surface area contributed by atoms with E-state index in [0.29, 0.717) is 25.2 Å². The highest BCUT2D eigenvalue weighted by Gasteiger charge is 2.45. The van der Waals surface area contributed by atoms with E-state index in [-0.39, 0.29) is 18.0 Å². The Hall–Kier alpha value is -2.57. The summed E-state index contributed by atoms with van der Waals surface area (Å²) in [7, 11) is 0. The molecule has 0 radical (unpaired) electrons. The van der Waals surface area contributed by atoms with Crippen molar-refractivity contribution < 1.29 is 14.4 Å². The highest BCUT2D eigenvalue weighted by atomic mass is 16.7. The summed E-state index contributed by atoms with van der Waals surface area (Å²) < 4.78 is 0. The van der Waals surface area contributed by atoms with E-state index in [1.54, 1.807) is 0 Å². The molecule has 2 heterocycles. The molecule has 1 aromatic carbocycles. The molecule has 2 aliphatic heterocycles. The van der Waals surface area contributed by atoms with Crippen LogP contribution in [-0.4, -0.2) is 47.3 Å². The number of aryl methyl sites for hydroxylation is 1. The summed E-state index contributed by atoms with van der Waals surface area (Å²) in [6, 6.07) is 8.35. The monoisotopic (exact) mass is 412 g/mol. The van der Waals surface area contributed by atoms with Crippen LogP contribution in [0.4, 0.5) is 4.79 Å². The van der Waals surface area contributed by atoms with Gasteiger partial charge in [0.1, 0.15) is 5.71 Å². The van der Waals surface area contributed by atoms with E-state index in [2.05, 4.69) is 15.8 Å². The zero-order valence-electron chi connectivity index (χ0n) is 17.8. The molecule has 4 rings (SSSR count). The quantitative estimate of drug-likeness (QED) is 0.796. The second-order valence-electron chi connectivity index (χ2n) is 8.97. The van der Waals surface area contributed by atoms with E-state index in [1.807, 2.05) is 36.1 Å². The Morgan fingerprint density at radius 2 is 1.93 bits per heavy atom. The van der Waals surface area contributed by atoms with Gasteiger partial charge in [-0.2, -0.15) is 0 Å². The van der Waals surface area contributed by atoms with Crippen molar-refractivity contribution in [2.45, 2.75) is 76.5 Å². The minimum Gasteiger partial charge on any atom is -0.386 e. The van der Waals surface area contributed by atoms with Crippen molar-refractivity contribution in [1.29, 1.82) is 0 Å². The van der Waals surface area contributed by atoms with Crippen LogP contribution in [0, 0.1) is 6.92 Å². The molecule has 7 nitrogen and oxygen atoms in total. The molecule has 0 bridgehead atoms. The number of piperidine rings is 1. The van der Waals surface area contributed by atoms with E-state index in [4.69, 9.17) is 4.84 Å². The topological polar surface area (TPSA) is 83.0 Å². The van der Waals surface area contributed by atoms with E-state index < -0.39 is 5.60 Å². The molecule has 1 saturated carbocycles. The first kappa shape index (κ1) is 20.7. The third-order valence-corrected chi connectivity index (χ3v) is 6.43. The SMILES string of the molecule is Cc1ccc(CNC(=O)C2=NO[C@]3(CCCN(C(=O)NC4CCCCC4)C3)C2)cc1. The molecule has 1 atom stereocenters. The molecule has 2 fully saturated rings. The first-order chi connectivity index (χ1) is 14.5. The largest absolute Gasteiger partial charge is 0.386 e. The Bertz CT molecular complexity index is 801. The van der Waals surface area contributed by atoms with Crippen LogP contribution in [0.2, 0.25) is 0 Å². The normalized spacial score (nSPS) is 24.3. The van der Waals surface area contributed by atoms with Crippen LogP contribution in [-0.2, 0) is 16.2 Å². The van der Waals surface area contributed by atoms with Crippen LogP contribution in [0.3, 0.4) is 0 Å². The molecule has 0 aromatic heterocycles. The molecular formula is C23H32N4O3. The van der Waals surface area contributed by atoms with Crippen LogP contribution in [0.25, 0.3) is 0 Å². The van der Waals surface area contributed by atoms with Crippen molar-refractivity contribution in [2.24, 2.45) is 5.16 Å². The average Bonchev–Trinajstić information content (AvgIpc) is 3.17. The second-order valence-corrected chi connectivity index (χ2v) is 8.97. The lowest BCUT2D eigenvalue weighted by molar-refractivity contribution is -0.115. The maximum Gasteiger partial charge on any atom is 0.317 e. The molecule has 7 heteroatoms. The second kappa shape index (κ2) is 9.06. The highest BCUT2D eigenvalue weighted by molar-refractivity contribution is 6.39. The Labute approximate surface area is 178 Å². The van der Waals surface area contributed by atoms with Gasteiger partial charge in [0, 0.05) is 25.6 Å². The molecule has 3 amide bonds. The van der Waals surface area contributed by atoms with Gasteiger partial charge in [0.25, 0.3) is 5.91 Å². The smallest absolute Gasteiger partial charge is 0.317 e. The molecular weight excluding hydrogens is 380 g/mol. The molecule has 1 spiro atoms. The molecule has 3 aliphatic rings. The number of rotatable bonds is 4. The summed E-state index contributed by atoms with van der Waals surface area (Å²) in [4.78, 5) is 32.9. The number of urea groups is 1. The summed E-state index contributed by atoms with van der Waals surface area (Å²) in [6.07, 6.45) is 7.87. The Balaban J connectivity index is 1.28. The fourth-order valence-corrected chi connectivity index (χ4v) is 4.64. The maximum atomic E-state index is 12.7. The minimum atomic E-state index is -0.571. The third kappa shape index (κ3) is 4.94. The number of hydrogen-bond donors (Lipinski definition) is 2. The van der Waals surface area contributed by atoms with Crippen LogP contribution in [0.1, 0.15) is 62.5 Å². The van der Waals surface area contributed by atoms with Crippen molar-refractivity contribution in [1.82, 2.24) is 15.5 Å². The molecule has 30 heavy (non-hydrogen) atoms. The lowest BCUT2D eigenvalue weighted by Gasteiger charge is -2.39. The predicted molar refractivity (Wildman–Crippen MR) is 115 cm³/mol. The van der Waals surface area contributed by atoms with Crippen LogP contribution in [0.15, 0.2) is 29.4 Å². The molecule has 1 aromatic rings. The van der Waals surface area contributed by atoms with Crippen molar-refractivity contribution in [3.8, 4) is 0 Å². The number of carbonyl (C=O) groups excluding carboxylic acids is 2. The van der Waals surface area contributed by atoms with Crippen LogP contribution >= 0.6 is 0 Å². The average molecular weight is 413 g/mol. The van der Waals surface area contributed by atoms with E-state index in [0.717, 1.165) is 37.8 Å². The molecule has 2 N–H and O–H groups in total. The number of hydrogen-bond acceptors (Lipinski definition) is 4. The number of oxime groups is 1. The van der Waals surface area contributed by atoms with Gasteiger partial charge in [0.15, 0.2) is 5.60 Å². The molecule has 1 saturated heterocycles. The van der Waals surface area contributed by atoms with E-state index in [9.17, 15) is 9.59 Å². The third-order valence-electron chi connectivity index (χ3n) is 6.43. The van der Waals surface area contributed by atoms with Gasteiger partial charge >= 0.3 is 6.03 Å². The Morgan fingerprint density at radius 3 is 2.70 bits per heavy atom. The van der Waals surface area contributed by atoms with Gasteiger partial charge in [-0.15, -0.1) is 0 Å². The summed E-state index contributed by atoms with van der Waals surface area (Å²) in [5, 5.41) is 10.2. The van der Waals surface area contributed by atoms with Gasteiger partial charge in [-0.3, -0.25) is 4.79 Å². The number of nitrogens with zero attached hydrogens (tertiary/aromatic N) is 2. The van der Waals surface area contributed by atoms with Crippen molar-refractivity contribution in [3.05, 3.63) is 35.4 Å². The fourth-order valence-electron chi connectivity index (χ4n) is 4.64. The lowest BCUT2D eigenvalue weighted by Crippen LogP contribution is -2.55. The number of benzene rings is 1. The van der Waals surface area contributed by atoms with Crippen molar-refractivity contribution in [2.75, 3.05) is 13.1 Å². The first-order valence-electron chi connectivity index (χ1n) is 11.2.